The van der Waals surface area contributed by atoms with Crippen molar-refractivity contribution in [1.29, 1.82) is 0 Å². The summed E-state index contributed by atoms with van der Waals surface area (Å²) in [6.45, 7) is 37.7. The van der Waals surface area contributed by atoms with Crippen molar-refractivity contribution >= 4 is 47.8 Å². The third-order valence-corrected chi connectivity index (χ3v) is 17.0. The summed E-state index contributed by atoms with van der Waals surface area (Å²) in [6.07, 6.45) is 5.66. The second-order valence-electron chi connectivity index (χ2n) is 29.4. The van der Waals surface area contributed by atoms with Crippen LogP contribution in [-0.2, 0) is 76.3 Å². The van der Waals surface area contributed by atoms with E-state index in [1.54, 1.807) is 13.8 Å². The van der Waals surface area contributed by atoms with Crippen LogP contribution < -0.4 is 0 Å². The van der Waals surface area contributed by atoms with Crippen molar-refractivity contribution in [3.05, 3.63) is 99.2 Å². The Morgan fingerprint density at radius 3 is 0.564 bits per heavy atom. The predicted octanol–water partition coefficient (Wildman–Crippen LogP) is 28.8. The molecule has 54 heteroatoms. The summed E-state index contributed by atoms with van der Waals surface area (Å²) >= 11 is 0. The Morgan fingerprint density at radius 1 is 0.221 bits per heavy atom. The van der Waals surface area contributed by atoms with E-state index in [2.05, 4.69) is 99.3 Å². The molecular formula is C86H118F38O16. The maximum Gasteiger partial charge on any atom is 0.460 e. The van der Waals surface area contributed by atoms with Crippen LogP contribution in [0, 0.1) is 0 Å². The van der Waals surface area contributed by atoms with Crippen LogP contribution in [0.2, 0.25) is 0 Å². The maximum atomic E-state index is 13.5. The summed E-state index contributed by atoms with van der Waals surface area (Å²) in [5.74, 6) is -119. The van der Waals surface area contributed by atoms with Crippen molar-refractivity contribution in [3.8, 4) is 0 Å². The van der Waals surface area contributed by atoms with Gasteiger partial charge in [0.1, 0.15) is 0 Å². The summed E-state index contributed by atoms with van der Waals surface area (Å²) in [4.78, 5) is 85.3. The minimum Gasteiger partial charge on any atom is -0.463 e. The minimum atomic E-state index is -8.67. The molecule has 0 aromatic heterocycles. The van der Waals surface area contributed by atoms with E-state index in [1.807, 2.05) is 0 Å². The molecule has 0 radical (unpaired) electrons. The average Bonchev–Trinajstić information content (AvgIpc) is 0.699. The second kappa shape index (κ2) is 69.1. The lowest BCUT2D eigenvalue weighted by Crippen LogP contribution is -2.74. The van der Waals surface area contributed by atoms with E-state index < -0.39 is 176 Å². The highest BCUT2D eigenvalue weighted by molar-refractivity contribution is 5.88. The van der Waals surface area contributed by atoms with E-state index in [-0.39, 0.29) is 48.7 Å². The van der Waals surface area contributed by atoms with Gasteiger partial charge in [-0.3, -0.25) is 0 Å². The number of carbonyl (C=O) groups is 8. The summed E-state index contributed by atoms with van der Waals surface area (Å²) in [6, 6.07) is 0. The predicted molar refractivity (Wildman–Crippen MR) is 433 cm³/mol. The highest BCUT2D eigenvalue weighted by atomic mass is 19.4. The van der Waals surface area contributed by atoms with Crippen molar-refractivity contribution < 1.29 is 243 Å². The topological polar surface area (TPSA) is 210 Å². The van der Waals surface area contributed by atoms with Gasteiger partial charge in [0.15, 0.2) is 0 Å². The number of ether oxygens (including phenoxy) is 8. The van der Waals surface area contributed by atoms with E-state index >= 15 is 0 Å². The Labute approximate surface area is 784 Å². The van der Waals surface area contributed by atoms with Gasteiger partial charge in [-0.15, -0.1) is 0 Å². The molecule has 16 nitrogen and oxygen atoms in total. The Bertz CT molecular complexity index is 3660. The lowest BCUT2D eigenvalue weighted by Gasteiger charge is -2.42. The third kappa shape index (κ3) is 51.3. The molecule has 0 rings (SSSR count). The van der Waals surface area contributed by atoms with Gasteiger partial charge in [-0.2, -0.15) is 149 Å². The quantitative estimate of drug-likeness (QED) is 0.0182. The van der Waals surface area contributed by atoms with Gasteiger partial charge in [0.05, 0.1) is 65.7 Å². The van der Waals surface area contributed by atoms with Gasteiger partial charge in [0, 0.05) is 59.4 Å². The molecule has 0 aromatic carbocycles. The van der Waals surface area contributed by atoms with Gasteiger partial charge in [-0.05, 0) is 53.4 Å². The standard InChI is InChI=1S/C14H9F17O2.C13H7F17O2.C13H24O2.C12H22O2.C11H20O2.C10H18O2.C7H10F2O2.C6H8F2O2/c1-5(2)6(32)33-4-3-7(15,16)8(17,18)9(19,20)10(21,22)11(23,24)12(25,26)13(27,28)14(29,30)31;1-2-5(31)32-4-3-6(14,15)7(16,17)8(18,19)9(20,21)10(22,23)11(24,25)12(26,27)13(28,29)30;1-4-5-6-7-8-9-10-11-15-13(14)12(2)3;1-3-5-6-7-8-9-10-11-14-12(13)4-2;1-4-5-6-7-8-9-13-11(12)10(2)3;1-3-5-6-7-8-9-12-10(11)4-2;1-5(2)7(10)11-4-3-6(8)9;1-2-6(9)10-4-3-5(7)8/h1,3-4H2,2H3;2H,1,3-4H2;2,4-11H2,1,3H3;4H,2-3,5-11H2,1H3;2,4-9H2,1,3H3;4H,2-3,5-9H2,1H3;6H,1,3-4H2,2H3;2,5H,1,3-4H2. The summed E-state index contributed by atoms with van der Waals surface area (Å²) in [5.41, 5.74) is 0.597. The highest BCUT2D eigenvalue weighted by Gasteiger charge is 2.97. The molecule has 0 amide bonds. The average molecular weight is 2130 g/mol. The fourth-order valence-electron chi connectivity index (χ4n) is 8.68. The number of rotatable bonds is 60. The lowest BCUT2D eigenvalue weighted by atomic mass is 9.88. The number of hydrogen-bond donors (Lipinski definition) is 0. The zero-order valence-electron chi connectivity index (χ0n) is 77.5. The number of hydrogen-bond acceptors (Lipinski definition) is 16. The molecule has 0 aliphatic heterocycles. The van der Waals surface area contributed by atoms with Crippen molar-refractivity contribution in [1.82, 2.24) is 0 Å². The molecule has 824 valence electrons. The largest absolute Gasteiger partial charge is 0.463 e. The molecule has 0 bridgehead atoms. The normalized spacial score (nSPS) is 12.4. The van der Waals surface area contributed by atoms with Crippen molar-refractivity contribution in [2.45, 2.75) is 343 Å². The number of halogens is 38. The van der Waals surface area contributed by atoms with Gasteiger partial charge in [-0.1, -0.05) is 209 Å². The van der Waals surface area contributed by atoms with Crippen LogP contribution in [0.5, 0.6) is 0 Å². The smallest absolute Gasteiger partial charge is 0.460 e. The molecule has 0 fully saturated rings. The Kier molecular flexibility index (Phi) is 72.2. The van der Waals surface area contributed by atoms with Gasteiger partial charge < -0.3 is 37.9 Å². The first kappa shape index (κ1) is 146. The van der Waals surface area contributed by atoms with Crippen LogP contribution in [-0.4, -0.2) is 209 Å². The number of esters is 8. The molecule has 0 aromatic rings. The van der Waals surface area contributed by atoms with Crippen LogP contribution in [0.4, 0.5) is 167 Å². The summed E-state index contributed by atoms with van der Waals surface area (Å²) in [5, 5.41) is 0. The van der Waals surface area contributed by atoms with E-state index in [4.69, 9.17) is 18.9 Å². The van der Waals surface area contributed by atoms with E-state index in [0.717, 1.165) is 64.4 Å². The van der Waals surface area contributed by atoms with Gasteiger partial charge in [0.25, 0.3) is 0 Å². The van der Waals surface area contributed by atoms with Crippen molar-refractivity contribution in [2.75, 3.05) is 52.9 Å². The van der Waals surface area contributed by atoms with Crippen LogP contribution in [0.25, 0.3) is 0 Å². The fourth-order valence-corrected chi connectivity index (χ4v) is 8.68. The van der Waals surface area contributed by atoms with E-state index in [1.165, 1.54) is 122 Å². The first-order chi connectivity index (χ1) is 63.5. The third-order valence-electron chi connectivity index (χ3n) is 17.0. The summed E-state index contributed by atoms with van der Waals surface area (Å²) < 4.78 is 523. The minimum absolute atomic E-state index is 0.197. The fraction of sp³-hybridized carbons (Fsp3) is 0.721. The molecule has 0 unspecified atom stereocenters. The lowest BCUT2D eigenvalue weighted by molar-refractivity contribution is -0.461. The Morgan fingerprint density at radius 2 is 0.371 bits per heavy atom. The molecule has 0 saturated carbocycles. The zero-order chi connectivity index (χ0) is 112. The van der Waals surface area contributed by atoms with Gasteiger partial charge in [0.2, 0.25) is 12.9 Å². The zero-order valence-corrected chi connectivity index (χ0v) is 77.5. The number of carbonyl (C=O) groups excluding carboxylic acids is 8. The molecular weight excluding hydrogens is 2010 g/mol. The SMILES string of the molecule is C=C(C)C(=O)OCCC(F)(F)C(F)(F)C(F)(F)C(F)(F)C(F)(F)C(F)(F)C(F)(F)C(F)(F)F.C=C(C)C(=O)OCCC(F)F.C=C(C)C(=O)OCCCCCCC.C=C(C)C(=O)OCCCCCCCCC.C=CC(=O)OCCC(F)(F)C(F)(F)C(F)(F)C(F)(F)C(F)(F)C(F)(F)C(F)(F)C(F)(F)F.C=CC(=O)OCCC(F)F.C=CC(=O)OCCCCCCC.C=CC(=O)OCCCCCCCCC. The van der Waals surface area contributed by atoms with Crippen LogP contribution in [0.15, 0.2) is 99.2 Å². The Balaban J connectivity index is -0.000000248. The maximum absolute atomic E-state index is 13.5. The van der Waals surface area contributed by atoms with Gasteiger partial charge >= 0.3 is 143 Å². The molecule has 0 aliphatic carbocycles. The summed E-state index contributed by atoms with van der Waals surface area (Å²) in [7, 11) is 0. The molecule has 0 atom stereocenters. The monoisotopic (exact) mass is 2130 g/mol. The van der Waals surface area contributed by atoms with Crippen LogP contribution in [0.3, 0.4) is 0 Å². The molecule has 140 heavy (non-hydrogen) atoms. The first-order valence-electron chi connectivity index (χ1n) is 41.9. The van der Waals surface area contributed by atoms with Crippen molar-refractivity contribution in [2.24, 2.45) is 0 Å². The van der Waals surface area contributed by atoms with Crippen LogP contribution in [0.1, 0.15) is 235 Å². The van der Waals surface area contributed by atoms with Crippen molar-refractivity contribution in [3.63, 3.8) is 0 Å². The molecule has 0 spiro atoms. The van der Waals surface area contributed by atoms with Gasteiger partial charge in [-0.25, -0.2) is 55.9 Å². The number of unbranched alkanes of at least 4 members (excludes halogenated alkanes) is 20. The molecule has 0 N–H and O–H groups in total. The molecule has 0 aliphatic rings. The number of alkyl halides is 38. The van der Waals surface area contributed by atoms with E-state index in [0.29, 0.717) is 37.6 Å². The van der Waals surface area contributed by atoms with E-state index in [9.17, 15) is 205 Å². The van der Waals surface area contributed by atoms with Crippen LogP contribution >= 0.6 is 0 Å². The second-order valence-corrected chi connectivity index (χ2v) is 29.4. The Hall–Kier alpha value is -8.98. The first-order valence-corrected chi connectivity index (χ1v) is 41.9. The highest BCUT2D eigenvalue weighted by Crippen LogP contribution is 2.66. The molecule has 0 heterocycles. The molecule has 0 saturated heterocycles.